The van der Waals surface area contributed by atoms with Crippen LogP contribution in [0.25, 0.3) is 0 Å². The van der Waals surface area contributed by atoms with Gasteiger partial charge < -0.3 is 20.8 Å². The van der Waals surface area contributed by atoms with Crippen LogP contribution in [0.2, 0.25) is 0 Å². The molecular weight excluding hydrogens is 359 g/mol. The van der Waals surface area contributed by atoms with Gasteiger partial charge >= 0.3 is 12.0 Å². The van der Waals surface area contributed by atoms with E-state index in [-0.39, 0.29) is 37.9 Å². The topological polar surface area (TPSA) is 98.7 Å². The summed E-state index contributed by atoms with van der Waals surface area (Å²) in [6.45, 7) is 0.0644. The summed E-state index contributed by atoms with van der Waals surface area (Å²) in [5.41, 5.74) is 0.707. The van der Waals surface area contributed by atoms with Gasteiger partial charge in [0.2, 0.25) is 0 Å². The zero-order valence-electron chi connectivity index (χ0n) is 11.8. The molecule has 1 rings (SSSR count). The van der Waals surface area contributed by atoms with E-state index in [0.29, 0.717) is 16.5 Å². The van der Waals surface area contributed by atoms with Crippen LogP contribution in [-0.4, -0.2) is 41.9 Å². The normalized spacial score (nSPS) is 11.8. The summed E-state index contributed by atoms with van der Waals surface area (Å²) >= 11 is 3.20. The molecule has 1 atom stereocenters. The standard InChI is InChI=1S/C14H18BrFN2O4/c15-11-4-9(5-12(16)6-11)3-10(8-19)7-18-14(22)17-2-1-13(20)21/h4-6,10,19H,1-3,7-8H2,(H,20,21)(H2,17,18,22). The number of hydrogen-bond acceptors (Lipinski definition) is 3. The molecule has 4 N–H and O–H groups in total. The molecule has 6 nitrogen and oxygen atoms in total. The van der Waals surface area contributed by atoms with E-state index in [0.717, 1.165) is 0 Å². The van der Waals surface area contributed by atoms with E-state index in [1.54, 1.807) is 6.07 Å². The number of carboxylic acids is 1. The Bertz CT molecular complexity index is 507. The van der Waals surface area contributed by atoms with E-state index in [1.165, 1.54) is 12.1 Å². The first kappa shape index (κ1) is 18.4. The van der Waals surface area contributed by atoms with Crippen LogP contribution in [0, 0.1) is 11.7 Å². The van der Waals surface area contributed by atoms with Gasteiger partial charge in [-0.15, -0.1) is 0 Å². The highest BCUT2D eigenvalue weighted by Crippen LogP contribution is 2.17. The van der Waals surface area contributed by atoms with E-state index in [1.807, 2.05) is 0 Å². The van der Waals surface area contributed by atoms with Crippen molar-refractivity contribution in [2.24, 2.45) is 5.92 Å². The summed E-state index contributed by atoms with van der Waals surface area (Å²) < 4.78 is 13.9. The van der Waals surface area contributed by atoms with Crippen LogP contribution >= 0.6 is 15.9 Å². The number of aliphatic hydroxyl groups is 1. The Labute approximate surface area is 135 Å². The second-order valence-corrected chi connectivity index (χ2v) is 5.73. The first-order valence-electron chi connectivity index (χ1n) is 6.70. The zero-order valence-corrected chi connectivity index (χ0v) is 13.4. The number of halogens is 2. The predicted molar refractivity (Wildman–Crippen MR) is 82.0 cm³/mol. The van der Waals surface area contributed by atoms with Gasteiger partial charge in [-0.3, -0.25) is 4.79 Å². The predicted octanol–water partition coefficient (Wildman–Crippen LogP) is 1.51. The molecular formula is C14H18BrFN2O4. The van der Waals surface area contributed by atoms with Gasteiger partial charge in [0, 0.05) is 30.1 Å². The largest absolute Gasteiger partial charge is 0.481 e. The second-order valence-electron chi connectivity index (χ2n) is 4.81. The third-order valence-electron chi connectivity index (χ3n) is 2.88. The number of benzene rings is 1. The molecule has 0 bridgehead atoms. The molecule has 0 heterocycles. The summed E-state index contributed by atoms with van der Waals surface area (Å²) in [6.07, 6.45) is 0.246. The third-order valence-corrected chi connectivity index (χ3v) is 3.34. The smallest absolute Gasteiger partial charge is 0.314 e. The first-order valence-corrected chi connectivity index (χ1v) is 7.49. The minimum atomic E-state index is -0.995. The molecule has 0 aliphatic carbocycles. The van der Waals surface area contributed by atoms with Gasteiger partial charge in [0.05, 0.1) is 6.42 Å². The SMILES string of the molecule is O=C(O)CCNC(=O)NCC(CO)Cc1cc(F)cc(Br)c1. The van der Waals surface area contributed by atoms with E-state index < -0.39 is 12.0 Å². The van der Waals surface area contributed by atoms with Crippen molar-refractivity contribution in [2.45, 2.75) is 12.8 Å². The van der Waals surface area contributed by atoms with Crippen molar-refractivity contribution < 1.29 is 24.2 Å². The van der Waals surface area contributed by atoms with Gasteiger partial charge in [0.25, 0.3) is 0 Å². The molecule has 0 aliphatic rings. The summed E-state index contributed by atoms with van der Waals surface area (Å²) in [6, 6.07) is 3.96. The Hall–Kier alpha value is -1.67. The average Bonchev–Trinajstić information content (AvgIpc) is 2.41. The van der Waals surface area contributed by atoms with E-state index in [2.05, 4.69) is 26.6 Å². The number of carbonyl (C=O) groups is 2. The van der Waals surface area contributed by atoms with Gasteiger partial charge in [-0.1, -0.05) is 15.9 Å². The molecule has 0 aliphatic heterocycles. The summed E-state index contributed by atoms with van der Waals surface area (Å²) in [5, 5.41) is 22.7. The molecule has 8 heteroatoms. The monoisotopic (exact) mass is 376 g/mol. The Balaban J connectivity index is 2.41. The highest BCUT2D eigenvalue weighted by atomic mass is 79.9. The van der Waals surface area contributed by atoms with Crippen molar-refractivity contribution in [3.8, 4) is 0 Å². The number of nitrogens with one attached hydrogen (secondary N) is 2. The van der Waals surface area contributed by atoms with Crippen LogP contribution in [0.4, 0.5) is 9.18 Å². The molecule has 0 fully saturated rings. The number of aliphatic hydroxyl groups excluding tert-OH is 1. The van der Waals surface area contributed by atoms with Crippen molar-refractivity contribution in [3.05, 3.63) is 34.1 Å². The molecule has 1 unspecified atom stereocenters. The average molecular weight is 377 g/mol. The molecule has 0 aromatic heterocycles. The van der Waals surface area contributed by atoms with Crippen molar-refractivity contribution in [1.29, 1.82) is 0 Å². The molecule has 1 aromatic rings. The zero-order chi connectivity index (χ0) is 16.5. The lowest BCUT2D eigenvalue weighted by atomic mass is 10.00. The maximum absolute atomic E-state index is 13.3. The quantitative estimate of drug-likeness (QED) is 0.552. The lowest BCUT2D eigenvalue weighted by molar-refractivity contribution is -0.136. The van der Waals surface area contributed by atoms with Crippen molar-refractivity contribution in [3.63, 3.8) is 0 Å². The van der Waals surface area contributed by atoms with Crippen LogP contribution in [0.15, 0.2) is 22.7 Å². The molecule has 0 saturated carbocycles. The van der Waals surface area contributed by atoms with E-state index in [4.69, 9.17) is 5.11 Å². The van der Waals surface area contributed by atoms with Crippen LogP contribution < -0.4 is 10.6 Å². The number of hydrogen-bond donors (Lipinski definition) is 4. The highest BCUT2D eigenvalue weighted by molar-refractivity contribution is 9.10. The number of rotatable bonds is 8. The van der Waals surface area contributed by atoms with Gasteiger partial charge in [-0.05, 0) is 30.2 Å². The number of aliphatic carboxylic acids is 1. The van der Waals surface area contributed by atoms with Gasteiger partial charge in [0.1, 0.15) is 5.82 Å². The third kappa shape index (κ3) is 7.37. The lowest BCUT2D eigenvalue weighted by Gasteiger charge is -2.16. The fraction of sp³-hybridized carbons (Fsp3) is 0.429. The fourth-order valence-electron chi connectivity index (χ4n) is 1.85. The summed E-state index contributed by atoms with van der Waals surface area (Å²) in [4.78, 5) is 21.8. The molecule has 2 amide bonds. The molecule has 0 radical (unpaired) electrons. The fourth-order valence-corrected chi connectivity index (χ4v) is 2.36. The minimum Gasteiger partial charge on any atom is -0.481 e. The Morgan fingerprint density at radius 3 is 2.59 bits per heavy atom. The molecule has 0 saturated heterocycles. The Morgan fingerprint density at radius 2 is 2.00 bits per heavy atom. The van der Waals surface area contributed by atoms with Crippen molar-refractivity contribution >= 4 is 27.9 Å². The first-order chi connectivity index (χ1) is 10.4. The Kier molecular flexibility index (Phi) is 7.83. The maximum Gasteiger partial charge on any atom is 0.314 e. The lowest BCUT2D eigenvalue weighted by Crippen LogP contribution is -2.40. The maximum atomic E-state index is 13.3. The molecule has 122 valence electrons. The van der Waals surface area contributed by atoms with Crippen molar-refractivity contribution in [1.82, 2.24) is 10.6 Å². The number of urea groups is 1. The van der Waals surface area contributed by atoms with Gasteiger partial charge in [0.15, 0.2) is 0 Å². The van der Waals surface area contributed by atoms with Crippen LogP contribution in [0.1, 0.15) is 12.0 Å². The Morgan fingerprint density at radius 1 is 1.27 bits per heavy atom. The number of carbonyl (C=O) groups excluding carboxylic acids is 1. The van der Waals surface area contributed by atoms with E-state index >= 15 is 0 Å². The minimum absolute atomic E-state index is 0.0296. The van der Waals surface area contributed by atoms with E-state index in [9.17, 15) is 19.1 Å². The van der Waals surface area contributed by atoms with Gasteiger partial charge in [-0.2, -0.15) is 0 Å². The highest BCUT2D eigenvalue weighted by Gasteiger charge is 2.12. The van der Waals surface area contributed by atoms with Crippen LogP contribution in [0.5, 0.6) is 0 Å². The molecule has 0 spiro atoms. The summed E-state index contributed by atoms with van der Waals surface area (Å²) in [5.74, 6) is -1.63. The number of carboxylic acid groups (broad SMARTS) is 1. The van der Waals surface area contributed by atoms with Crippen LogP contribution in [0.3, 0.4) is 0 Å². The molecule has 1 aromatic carbocycles. The van der Waals surface area contributed by atoms with Crippen LogP contribution in [-0.2, 0) is 11.2 Å². The second kappa shape index (κ2) is 9.37. The molecule has 22 heavy (non-hydrogen) atoms. The van der Waals surface area contributed by atoms with Crippen molar-refractivity contribution in [2.75, 3.05) is 19.7 Å². The summed E-state index contributed by atoms with van der Waals surface area (Å²) in [7, 11) is 0. The number of amides is 2. The van der Waals surface area contributed by atoms with Gasteiger partial charge in [-0.25, -0.2) is 9.18 Å².